The Bertz CT molecular complexity index is 1070. The SMILES string of the molecule is COc1ccc(Cl)cc1NC(=O)COC(=O)C(=Cc1ccc(F)cc1)c1cccs1. The monoisotopic (exact) mass is 445 g/mol. The summed E-state index contributed by atoms with van der Waals surface area (Å²) in [7, 11) is 1.46. The largest absolute Gasteiger partial charge is 0.495 e. The number of rotatable bonds is 7. The quantitative estimate of drug-likeness (QED) is 0.397. The van der Waals surface area contributed by atoms with Crippen LogP contribution in [-0.4, -0.2) is 25.6 Å². The minimum atomic E-state index is -0.671. The van der Waals surface area contributed by atoms with E-state index in [0.717, 1.165) is 0 Å². The summed E-state index contributed by atoms with van der Waals surface area (Å²) in [6.45, 7) is -0.499. The van der Waals surface area contributed by atoms with Crippen LogP contribution in [0, 0.1) is 5.82 Å². The molecule has 0 unspecified atom stereocenters. The molecule has 0 saturated heterocycles. The van der Waals surface area contributed by atoms with Gasteiger partial charge in [0.15, 0.2) is 6.61 Å². The summed E-state index contributed by atoms with van der Waals surface area (Å²) in [5, 5.41) is 4.84. The maximum absolute atomic E-state index is 13.2. The average molecular weight is 446 g/mol. The van der Waals surface area contributed by atoms with Crippen LogP contribution < -0.4 is 10.1 Å². The van der Waals surface area contributed by atoms with Crippen molar-refractivity contribution in [2.45, 2.75) is 0 Å². The number of benzene rings is 2. The van der Waals surface area contributed by atoms with Crippen molar-refractivity contribution in [1.29, 1.82) is 0 Å². The molecule has 1 N–H and O–H groups in total. The molecule has 0 aliphatic heterocycles. The van der Waals surface area contributed by atoms with Crippen molar-refractivity contribution in [3.8, 4) is 5.75 Å². The van der Waals surface area contributed by atoms with Gasteiger partial charge >= 0.3 is 5.97 Å². The first-order chi connectivity index (χ1) is 14.5. The molecule has 0 bridgehead atoms. The molecule has 0 saturated carbocycles. The molecule has 2 aromatic carbocycles. The standard InChI is InChI=1S/C22H17ClFNO4S/c1-28-19-9-6-15(23)12-18(19)25-21(26)13-29-22(27)17(20-3-2-10-30-20)11-14-4-7-16(24)8-5-14/h2-12H,13H2,1H3,(H,25,26). The highest BCUT2D eigenvalue weighted by Crippen LogP contribution is 2.28. The fraction of sp³-hybridized carbons (Fsp3) is 0.0909. The number of hydrogen-bond acceptors (Lipinski definition) is 5. The van der Waals surface area contributed by atoms with E-state index in [0.29, 0.717) is 26.9 Å². The Kier molecular flexibility index (Phi) is 7.21. The van der Waals surface area contributed by atoms with Gasteiger partial charge in [0.25, 0.3) is 5.91 Å². The molecule has 30 heavy (non-hydrogen) atoms. The maximum Gasteiger partial charge on any atom is 0.340 e. The fourth-order valence-electron chi connectivity index (χ4n) is 2.56. The van der Waals surface area contributed by atoms with Gasteiger partial charge in [0.1, 0.15) is 11.6 Å². The molecule has 3 aromatic rings. The summed E-state index contributed by atoms with van der Waals surface area (Å²) in [5.74, 6) is -1.17. The molecule has 154 valence electrons. The predicted molar refractivity (Wildman–Crippen MR) is 116 cm³/mol. The van der Waals surface area contributed by atoms with Crippen LogP contribution in [0.5, 0.6) is 5.75 Å². The van der Waals surface area contributed by atoms with E-state index in [9.17, 15) is 14.0 Å². The molecule has 0 aliphatic rings. The zero-order chi connectivity index (χ0) is 21.5. The molecule has 8 heteroatoms. The van der Waals surface area contributed by atoms with E-state index in [1.54, 1.807) is 42.5 Å². The molecule has 0 radical (unpaired) electrons. The maximum atomic E-state index is 13.2. The summed E-state index contributed by atoms with van der Waals surface area (Å²) in [6.07, 6.45) is 1.59. The average Bonchev–Trinajstić information content (AvgIpc) is 3.26. The number of carbonyl (C=O) groups is 2. The number of nitrogens with one attached hydrogen (secondary N) is 1. The third kappa shape index (κ3) is 5.68. The predicted octanol–water partition coefficient (Wildman–Crippen LogP) is 5.27. The van der Waals surface area contributed by atoms with E-state index in [-0.39, 0.29) is 11.4 Å². The van der Waals surface area contributed by atoms with Crippen LogP contribution in [-0.2, 0) is 14.3 Å². The van der Waals surface area contributed by atoms with E-state index < -0.39 is 18.5 Å². The van der Waals surface area contributed by atoms with Crippen molar-refractivity contribution in [2.24, 2.45) is 0 Å². The number of methoxy groups -OCH3 is 1. The van der Waals surface area contributed by atoms with Gasteiger partial charge in [-0.15, -0.1) is 11.3 Å². The lowest BCUT2D eigenvalue weighted by molar-refractivity contribution is -0.141. The number of halogens is 2. The summed E-state index contributed by atoms with van der Waals surface area (Å²) < 4.78 is 23.5. The first-order valence-electron chi connectivity index (χ1n) is 8.78. The molecule has 0 atom stereocenters. The van der Waals surface area contributed by atoms with Crippen molar-refractivity contribution in [2.75, 3.05) is 19.0 Å². The molecule has 1 heterocycles. The Morgan fingerprint density at radius 1 is 1.17 bits per heavy atom. The lowest BCUT2D eigenvalue weighted by Gasteiger charge is -2.11. The van der Waals surface area contributed by atoms with Crippen LogP contribution in [0.2, 0.25) is 5.02 Å². The van der Waals surface area contributed by atoms with Gasteiger partial charge in [-0.05, 0) is 53.4 Å². The van der Waals surface area contributed by atoms with Crippen LogP contribution in [0.15, 0.2) is 60.0 Å². The number of anilines is 1. The molecule has 1 amide bonds. The second kappa shape index (κ2) is 10.0. The molecule has 5 nitrogen and oxygen atoms in total. The first kappa shape index (κ1) is 21.5. The van der Waals surface area contributed by atoms with Gasteiger partial charge in [-0.2, -0.15) is 0 Å². The topological polar surface area (TPSA) is 64.6 Å². The summed E-state index contributed by atoms with van der Waals surface area (Å²) in [6, 6.07) is 14.0. The zero-order valence-electron chi connectivity index (χ0n) is 15.9. The molecular formula is C22H17ClFNO4S. The van der Waals surface area contributed by atoms with Gasteiger partial charge in [0.2, 0.25) is 0 Å². The number of esters is 1. The number of carbonyl (C=O) groups excluding carboxylic acids is 2. The van der Waals surface area contributed by atoms with Gasteiger partial charge in [0, 0.05) is 9.90 Å². The Hall–Kier alpha value is -3.16. The summed E-state index contributed by atoms with van der Waals surface area (Å²) >= 11 is 7.30. The van der Waals surface area contributed by atoms with Crippen LogP contribution in [0.4, 0.5) is 10.1 Å². The van der Waals surface area contributed by atoms with Gasteiger partial charge in [-0.3, -0.25) is 4.79 Å². The third-order valence-electron chi connectivity index (χ3n) is 3.96. The van der Waals surface area contributed by atoms with Gasteiger partial charge in [0.05, 0.1) is 18.4 Å². The lowest BCUT2D eigenvalue weighted by atomic mass is 10.1. The van der Waals surface area contributed by atoms with Crippen LogP contribution in [0.1, 0.15) is 10.4 Å². The fourth-order valence-corrected chi connectivity index (χ4v) is 3.46. The summed E-state index contributed by atoms with van der Waals surface area (Å²) in [4.78, 5) is 25.6. The molecule has 0 fully saturated rings. The highest BCUT2D eigenvalue weighted by atomic mass is 35.5. The van der Waals surface area contributed by atoms with Crippen LogP contribution >= 0.6 is 22.9 Å². The Labute approximate surface area is 181 Å². The molecule has 3 rings (SSSR count). The number of ether oxygens (including phenoxy) is 2. The highest BCUT2D eigenvalue weighted by molar-refractivity contribution is 7.11. The minimum absolute atomic E-state index is 0.268. The van der Waals surface area contributed by atoms with E-state index in [1.807, 2.05) is 5.38 Å². The number of hydrogen-bond donors (Lipinski definition) is 1. The third-order valence-corrected chi connectivity index (χ3v) is 5.10. The van der Waals surface area contributed by atoms with Gasteiger partial charge in [-0.25, -0.2) is 9.18 Å². The van der Waals surface area contributed by atoms with E-state index in [2.05, 4.69) is 5.32 Å². The van der Waals surface area contributed by atoms with Crippen molar-refractivity contribution in [3.63, 3.8) is 0 Å². The van der Waals surface area contributed by atoms with Crippen LogP contribution in [0.3, 0.4) is 0 Å². The smallest absolute Gasteiger partial charge is 0.340 e. The molecule has 0 spiro atoms. The van der Waals surface area contributed by atoms with E-state index in [1.165, 1.54) is 36.6 Å². The van der Waals surface area contributed by atoms with Gasteiger partial charge in [-0.1, -0.05) is 29.8 Å². The zero-order valence-corrected chi connectivity index (χ0v) is 17.4. The second-order valence-electron chi connectivity index (χ2n) is 6.06. The normalized spacial score (nSPS) is 11.1. The second-order valence-corrected chi connectivity index (χ2v) is 7.44. The molecule has 1 aromatic heterocycles. The number of thiophene rings is 1. The van der Waals surface area contributed by atoms with Crippen molar-refractivity contribution < 1.29 is 23.5 Å². The first-order valence-corrected chi connectivity index (χ1v) is 10.0. The van der Waals surface area contributed by atoms with Crippen LogP contribution in [0.25, 0.3) is 11.6 Å². The molecular weight excluding hydrogens is 429 g/mol. The molecule has 0 aliphatic carbocycles. The van der Waals surface area contributed by atoms with Crippen molar-refractivity contribution >= 4 is 52.2 Å². The summed E-state index contributed by atoms with van der Waals surface area (Å²) in [5.41, 5.74) is 1.26. The Morgan fingerprint density at radius 2 is 1.93 bits per heavy atom. The van der Waals surface area contributed by atoms with Crippen molar-refractivity contribution in [3.05, 3.63) is 81.3 Å². The van der Waals surface area contributed by atoms with E-state index in [4.69, 9.17) is 21.1 Å². The Balaban J connectivity index is 1.71. The van der Waals surface area contributed by atoms with Gasteiger partial charge < -0.3 is 14.8 Å². The van der Waals surface area contributed by atoms with Crippen molar-refractivity contribution in [1.82, 2.24) is 0 Å². The Morgan fingerprint density at radius 3 is 2.60 bits per heavy atom. The highest BCUT2D eigenvalue weighted by Gasteiger charge is 2.17. The number of amides is 1. The van der Waals surface area contributed by atoms with E-state index >= 15 is 0 Å². The minimum Gasteiger partial charge on any atom is -0.495 e. The lowest BCUT2D eigenvalue weighted by Crippen LogP contribution is -2.21.